The number of nitrogens with zero attached hydrogens (tertiary/aromatic N) is 1. The van der Waals surface area contributed by atoms with Gasteiger partial charge >= 0.3 is 0 Å². The molecule has 6 heteroatoms. The Kier molecular flexibility index (Phi) is 3.90. The molecule has 1 saturated carbocycles. The maximum atomic E-state index is 12.3. The summed E-state index contributed by atoms with van der Waals surface area (Å²) in [6, 6.07) is 7.42. The number of hydrogen-bond acceptors (Lipinski definition) is 4. The number of nitrogens with one attached hydrogen (secondary N) is 2. The minimum Gasteiger partial charge on any atom is -0.360 e. The molecule has 0 saturated heterocycles. The quantitative estimate of drug-likeness (QED) is 0.909. The van der Waals surface area contributed by atoms with E-state index in [1.807, 2.05) is 32.0 Å². The molecule has 1 aliphatic rings. The molecule has 6 nitrogen and oxygen atoms in total. The van der Waals surface area contributed by atoms with Gasteiger partial charge in [-0.05, 0) is 44.4 Å². The molecule has 0 radical (unpaired) electrons. The fraction of sp³-hybridized carbons (Fsp3) is 0.353. The van der Waals surface area contributed by atoms with Crippen LogP contribution in [-0.4, -0.2) is 17.0 Å². The third-order valence-corrected chi connectivity index (χ3v) is 4.21. The zero-order valence-corrected chi connectivity index (χ0v) is 13.3. The predicted octanol–water partition coefficient (Wildman–Crippen LogP) is 2.81. The van der Waals surface area contributed by atoms with Gasteiger partial charge in [0.2, 0.25) is 11.8 Å². The van der Waals surface area contributed by atoms with Crippen molar-refractivity contribution < 1.29 is 14.1 Å². The fourth-order valence-corrected chi connectivity index (χ4v) is 2.53. The summed E-state index contributed by atoms with van der Waals surface area (Å²) in [5.41, 5.74) is 2.96. The molecule has 0 bridgehead atoms. The van der Waals surface area contributed by atoms with E-state index in [1.54, 1.807) is 13.0 Å². The largest absolute Gasteiger partial charge is 0.360 e. The van der Waals surface area contributed by atoms with Crippen LogP contribution in [0.25, 0.3) is 0 Å². The van der Waals surface area contributed by atoms with Gasteiger partial charge in [0.15, 0.2) is 5.82 Å². The van der Waals surface area contributed by atoms with Gasteiger partial charge in [0.25, 0.3) is 0 Å². The first-order valence-corrected chi connectivity index (χ1v) is 7.57. The molecule has 0 spiro atoms. The number of carbonyl (C=O) groups is 2. The van der Waals surface area contributed by atoms with Crippen LogP contribution in [-0.2, 0) is 9.59 Å². The van der Waals surface area contributed by atoms with Crippen molar-refractivity contribution in [2.24, 2.45) is 11.8 Å². The van der Waals surface area contributed by atoms with Crippen molar-refractivity contribution in [2.75, 3.05) is 10.6 Å². The summed E-state index contributed by atoms with van der Waals surface area (Å²) in [6.07, 6.45) is 0.555. The van der Waals surface area contributed by atoms with Crippen LogP contribution in [0.3, 0.4) is 0 Å². The highest BCUT2D eigenvalue weighted by atomic mass is 16.5. The Morgan fingerprint density at radius 1 is 1.13 bits per heavy atom. The number of aryl methyl sites for hydroxylation is 2. The molecule has 1 aromatic heterocycles. The summed E-state index contributed by atoms with van der Waals surface area (Å²) in [5.74, 6) is 0.100. The van der Waals surface area contributed by atoms with Crippen LogP contribution in [0.1, 0.15) is 23.3 Å². The molecule has 120 valence electrons. The van der Waals surface area contributed by atoms with Gasteiger partial charge in [0.05, 0.1) is 11.8 Å². The van der Waals surface area contributed by atoms with Gasteiger partial charge < -0.3 is 15.2 Å². The highest BCUT2D eigenvalue weighted by molar-refractivity contribution is 6.03. The number of amides is 2. The van der Waals surface area contributed by atoms with Crippen molar-refractivity contribution in [3.05, 3.63) is 41.2 Å². The Hall–Kier alpha value is -2.63. The van der Waals surface area contributed by atoms with Crippen LogP contribution in [0.4, 0.5) is 11.5 Å². The first-order valence-electron chi connectivity index (χ1n) is 7.57. The summed E-state index contributed by atoms with van der Waals surface area (Å²) in [7, 11) is 0. The Morgan fingerprint density at radius 2 is 1.83 bits per heavy atom. The molecule has 1 aliphatic carbocycles. The molecule has 1 fully saturated rings. The van der Waals surface area contributed by atoms with E-state index < -0.39 is 0 Å². The lowest BCUT2D eigenvalue weighted by atomic mass is 10.1. The van der Waals surface area contributed by atoms with E-state index in [9.17, 15) is 9.59 Å². The minimum atomic E-state index is -0.308. The molecule has 2 atom stereocenters. The summed E-state index contributed by atoms with van der Waals surface area (Å²) >= 11 is 0. The fourth-order valence-electron chi connectivity index (χ4n) is 2.53. The van der Waals surface area contributed by atoms with E-state index in [0.29, 0.717) is 18.0 Å². The van der Waals surface area contributed by atoms with Crippen molar-refractivity contribution in [2.45, 2.75) is 27.2 Å². The lowest BCUT2D eigenvalue weighted by Crippen LogP contribution is -2.21. The highest BCUT2D eigenvalue weighted by Gasteiger charge is 2.48. The van der Waals surface area contributed by atoms with Crippen LogP contribution in [0, 0.1) is 32.6 Å². The van der Waals surface area contributed by atoms with E-state index in [4.69, 9.17) is 4.52 Å². The van der Waals surface area contributed by atoms with E-state index in [1.165, 1.54) is 0 Å². The second-order valence-corrected chi connectivity index (χ2v) is 6.00. The number of carbonyl (C=O) groups excluding carboxylic acids is 2. The van der Waals surface area contributed by atoms with Crippen LogP contribution < -0.4 is 10.6 Å². The molecular formula is C17H19N3O3. The minimum absolute atomic E-state index is 0.116. The molecular weight excluding hydrogens is 294 g/mol. The van der Waals surface area contributed by atoms with Crippen LogP contribution in [0.15, 0.2) is 28.8 Å². The first-order chi connectivity index (χ1) is 11.0. The molecule has 2 unspecified atom stereocenters. The van der Waals surface area contributed by atoms with E-state index in [0.717, 1.165) is 16.8 Å². The Balaban J connectivity index is 1.58. The molecule has 23 heavy (non-hydrogen) atoms. The molecule has 1 aromatic carbocycles. The lowest BCUT2D eigenvalue weighted by Gasteiger charge is -2.10. The second kappa shape index (κ2) is 5.87. The smallest absolute Gasteiger partial charge is 0.229 e. The zero-order chi connectivity index (χ0) is 16.6. The van der Waals surface area contributed by atoms with E-state index >= 15 is 0 Å². The molecule has 2 amide bonds. The van der Waals surface area contributed by atoms with Crippen LogP contribution in [0.5, 0.6) is 0 Å². The van der Waals surface area contributed by atoms with E-state index in [-0.39, 0.29) is 23.7 Å². The molecule has 2 N–H and O–H groups in total. The number of hydrogen-bond donors (Lipinski definition) is 2. The van der Waals surface area contributed by atoms with Gasteiger partial charge in [-0.25, -0.2) is 0 Å². The summed E-state index contributed by atoms with van der Waals surface area (Å²) in [5, 5.41) is 9.30. The Morgan fingerprint density at radius 3 is 2.48 bits per heavy atom. The average molecular weight is 313 g/mol. The maximum absolute atomic E-state index is 12.3. The SMILES string of the molecule is Cc1cc(NC(=O)C2CC2C(=O)Nc2cccc(C)c2C)no1. The van der Waals surface area contributed by atoms with Crippen LogP contribution >= 0.6 is 0 Å². The molecule has 3 rings (SSSR count). The molecule has 2 aromatic rings. The molecule has 0 aliphatic heterocycles. The van der Waals surface area contributed by atoms with Crippen molar-refractivity contribution in [3.63, 3.8) is 0 Å². The first kappa shape index (κ1) is 15.3. The third kappa shape index (κ3) is 3.26. The van der Waals surface area contributed by atoms with E-state index in [2.05, 4.69) is 15.8 Å². The number of aromatic nitrogens is 1. The topological polar surface area (TPSA) is 84.2 Å². The van der Waals surface area contributed by atoms with Gasteiger partial charge in [0.1, 0.15) is 5.76 Å². The van der Waals surface area contributed by atoms with Gasteiger partial charge in [0, 0.05) is 11.8 Å². The van der Waals surface area contributed by atoms with Crippen molar-refractivity contribution in [1.29, 1.82) is 0 Å². The normalized spacial score (nSPS) is 19.3. The zero-order valence-electron chi connectivity index (χ0n) is 13.3. The van der Waals surface area contributed by atoms with Crippen molar-refractivity contribution in [1.82, 2.24) is 5.16 Å². The maximum Gasteiger partial charge on any atom is 0.229 e. The van der Waals surface area contributed by atoms with Gasteiger partial charge in [-0.15, -0.1) is 0 Å². The Labute approximate surface area is 134 Å². The van der Waals surface area contributed by atoms with Gasteiger partial charge in [-0.1, -0.05) is 17.3 Å². The second-order valence-electron chi connectivity index (χ2n) is 6.00. The number of benzene rings is 1. The van der Waals surface area contributed by atoms with Crippen molar-refractivity contribution in [3.8, 4) is 0 Å². The third-order valence-electron chi connectivity index (χ3n) is 4.21. The standard InChI is InChI=1S/C17H19N3O3/c1-9-5-4-6-14(11(9)3)18-16(21)12-8-13(12)17(22)19-15-7-10(2)23-20-15/h4-7,12-13H,8H2,1-3H3,(H,18,21)(H,19,20,22). The van der Waals surface area contributed by atoms with Crippen molar-refractivity contribution >= 4 is 23.3 Å². The summed E-state index contributed by atoms with van der Waals surface area (Å²) < 4.78 is 4.90. The number of anilines is 2. The molecule has 1 heterocycles. The Bertz CT molecular complexity index is 766. The van der Waals surface area contributed by atoms with Gasteiger partial charge in [-0.2, -0.15) is 0 Å². The average Bonchev–Trinajstić information content (AvgIpc) is 3.22. The number of rotatable bonds is 4. The predicted molar refractivity (Wildman–Crippen MR) is 86.0 cm³/mol. The lowest BCUT2D eigenvalue weighted by molar-refractivity contribution is -0.122. The summed E-state index contributed by atoms with van der Waals surface area (Å²) in [4.78, 5) is 24.4. The summed E-state index contributed by atoms with van der Waals surface area (Å²) in [6.45, 7) is 5.72. The van der Waals surface area contributed by atoms with Gasteiger partial charge in [-0.3, -0.25) is 9.59 Å². The monoisotopic (exact) mass is 313 g/mol. The van der Waals surface area contributed by atoms with Crippen LogP contribution in [0.2, 0.25) is 0 Å². The highest BCUT2D eigenvalue weighted by Crippen LogP contribution is 2.40.